The number of hydrogen-bond donors (Lipinski definition) is 0. The molecule has 0 spiro atoms. The highest BCUT2D eigenvalue weighted by molar-refractivity contribution is 5.97. The molecule has 1 saturated heterocycles. The molecule has 6 heteroatoms. The van der Waals surface area contributed by atoms with E-state index in [0.717, 1.165) is 50.3 Å². The Bertz CT molecular complexity index is 1140. The van der Waals surface area contributed by atoms with E-state index in [4.69, 9.17) is 0 Å². The van der Waals surface area contributed by atoms with Crippen molar-refractivity contribution < 1.29 is 9.18 Å². The molecule has 180 valence electrons. The number of nitrogens with zero attached hydrogens (tertiary/aromatic N) is 4. The molecule has 0 N–H and O–H groups in total. The second-order valence-electron chi connectivity index (χ2n) is 9.39. The summed E-state index contributed by atoms with van der Waals surface area (Å²) in [7, 11) is 4.20. The highest BCUT2D eigenvalue weighted by Crippen LogP contribution is 2.27. The van der Waals surface area contributed by atoms with Crippen LogP contribution >= 0.6 is 0 Å². The van der Waals surface area contributed by atoms with Gasteiger partial charge in [-0.15, -0.1) is 0 Å². The van der Waals surface area contributed by atoms with Crippen LogP contribution in [-0.2, 0) is 17.9 Å². The minimum atomic E-state index is -0.210. The fourth-order valence-corrected chi connectivity index (χ4v) is 4.74. The molecule has 0 atom stereocenters. The lowest BCUT2D eigenvalue weighted by Gasteiger charge is -2.34. The zero-order chi connectivity index (χ0) is 24.1. The van der Waals surface area contributed by atoms with E-state index < -0.39 is 0 Å². The summed E-state index contributed by atoms with van der Waals surface area (Å²) in [5.74, 6) is -0.150. The predicted octanol–water partition coefficient (Wildman–Crippen LogP) is 4.40. The lowest BCUT2D eigenvalue weighted by molar-refractivity contribution is -0.127. The quantitative estimate of drug-likeness (QED) is 0.465. The van der Waals surface area contributed by atoms with Crippen LogP contribution in [-0.4, -0.2) is 72.0 Å². The third-order valence-electron chi connectivity index (χ3n) is 6.66. The topological polar surface area (TPSA) is 31.7 Å². The maximum absolute atomic E-state index is 13.1. The Morgan fingerprint density at radius 2 is 1.74 bits per heavy atom. The number of hydrogen-bond acceptors (Lipinski definition) is 3. The molecular formula is C28H35FN4O. The first-order valence-electron chi connectivity index (χ1n) is 12.1. The van der Waals surface area contributed by atoms with Crippen LogP contribution in [0.25, 0.3) is 17.0 Å². The molecule has 4 rings (SSSR count). The molecule has 0 unspecified atom stereocenters. The van der Waals surface area contributed by atoms with Crippen molar-refractivity contribution >= 4 is 22.9 Å². The Morgan fingerprint density at radius 3 is 2.44 bits per heavy atom. The number of halogens is 1. The number of benzene rings is 2. The van der Waals surface area contributed by atoms with Crippen molar-refractivity contribution in [3.8, 4) is 0 Å². The molecule has 2 heterocycles. The Morgan fingerprint density at radius 1 is 1.03 bits per heavy atom. The maximum atomic E-state index is 13.1. The lowest BCUT2D eigenvalue weighted by atomic mass is 10.1. The first kappa shape index (κ1) is 24.2. The van der Waals surface area contributed by atoms with E-state index in [1.807, 2.05) is 23.1 Å². The number of aryl methyl sites for hydroxylation is 1. The van der Waals surface area contributed by atoms with Gasteiger partial charge in [0.25, 0.3) is 0 Å². The fourth-order valence-electron chi connectivity index (χ4n) is 4.74. The molecule has 1 aromatic heterocycles. The van der Waals surface area contributed by atoms with Crippen molar-refractivity contribution in [1.82, 2.24) is 19.3 Å². The molecule has 1 aliphatic rings. The van der Waals surface area contributed by atoms with Crippen LogP contribution in [0.1, 0.15) is 23.2 Å². The molecule has 0 bridgehead atoms. The minimum Gasteiger partial charge on any atom is -0.344 e. The summed E-state index contributed by atoms with van der Waals surface area (Å²) < 4.78 is 15.5. The summed E-state index contributed by atoms with van der Waals surface area (Å²) in [6, 6.07) is 15.1. The monoisotopic (exact) mass is 462 g/mol. The normalized spacial score (nSPS) is 15.1. The molecule has 1 amide bonds. The van der Waals surface area contributed by atoms with Crippen molar-refractivity contribution in [2.24, 2.45) is 0 Å². The number of rotatable bonds is 8. The SMILES string of the molecule is Cc1c(/C=C/C(=O)N2CCN(Cc3ccc(F)cc3)CC2)c2ccccc2n1CCCN(C)C. The molecule has 34 heavy (non-hydrogen) atoms. The van der Waals surface area contributed by atoms with Crippen LogP contribution in [0.2, 0.25) is 0 Å². The summed E-state index contributed by atoms with van der Waals surface area (Å²) in [6.45, 7) is 7.98. The largest absolute Gasteiger partial charge is 0.344 e. The van der Waals surface area contributed by atoms with Crippen LogP contribution in [0.3, 0.4) is 0 Å². The third kappa shape index (κ3) is 5.75. The molecule has 2 aromatic carbocycles. The smallest absolute Gasteiger partial charge is 0.246 e. The van der Waals surface area contributed by atoms with E-state index >= 15 is 0 Å². The predicted molar refractivity (Wildman–Crippen MR) is 137 cm³/mol. The molecule has 0 aliphatic carbocycles. The summed E-state index contributed by atoms with van der Waals surface area (Å²) in [5, 5.41) is 1.19. The van der Waals surface area contributed by atoms with Crippen molar-refractivity contribution in [1.29, 1.82) is 0 Å². The van der Waals surface area contributed by atoms with Gasteiger partial charge in [-0.2, -0.15) is 0 Å². The van der Waals surface area contributed by atoms with Gasteiger partial charge >= 0.3 is 0 Å². The van der Waals surface area contributed by atoms with Gasteiger partial charge in [-0.1, -0.05) is 30.3 Å². The van der Waals surface area contributed by atoms with Crippen molar-refractivity contribution in [3.05, 3.63) is 77.2 Å². The summed E-state index contributed by atoms with van der Waals surface area (Å²) in [4.78, 5) is 19.4. The Balaban J connectivity index is 1.39. The number of amides is 1. The first-order chi connectivity index (χ1) is 16.4. The number of para-hydroxylation sites is 1. The van der Waals surface area contributed by atoms with Gasteiger partial charge in [-0.3, -0.25) is 9.69 Å². The summed E-state index contributed by atoms with van der Waals surface area (Å²) >= 11 is 0. The molecular weight excluding hydrogens is 427 g/mol. The second kappa shape index (κ2) is 11.0. The van der Waals surface area contributed by atoms with Crippen molar-refractivity contribution in [2.45, 2.75) is 26.4 Å². The number of fused-ring (bicyclic) bond motifs is 1. The van der Waals surface area contributed by atoms with Gasteiger partial charge in [-0.05, 0) is 63.8 Å². The minimum absolute atomic E-state index is 0.0604. The molecule has 1 aliphatic heterocycles. The van der Waals surface area contributed by atoms with Gasteiger partial charge in [-0.25, -0.2) is 4.39 Å². The maximum Gasteiger partial charge on any atom is 0.246 e. The Hall–Kier alpha value is -2.96. The molecule has 1 fully saturated rings. The van der Waals surface area contributed by atoms with E-state index in [2.05, 4.69) is 59.7 Å². The van der Waals surface area contributed by atoms with Gasteiger partial charge in [0.1, 0.15) is 5.82 Å². The van der Waals surface area contributed by atoms with Crippen LogP contribution in [0.5, 0.6) is 0 Å². The van der Waals surface area contributed by atoms with Crippen molar-refractivity contribution in [2.75, 3.05) is 46.8 Å². The number of carbonyl (C=O) groups is 1. The Kier molecular flexibility index (Phi) is 7.80. The average molecular weight is 463 g/mol. The highest BCUT2D eigenvalue weighted by atomic mass is 19.1. The number of carbonyl (C=O) groups excluding carboxylic acids is 1. The second-order valence-corrected chi connectivity index (χ2v) is 9.39. The van der Waals surface area contributed by atoms with Crippen LogP contribution in [0.15, 0.2) is 54.6 Å². The van der Waals surface area contributed by atoms with Gasteiger partial charge in [0, 0.05) is 67.5 Å². The van der Waals surface area contributed by atoms with E-state index in [1.54, 1.807) is 6.08 Å². The van der Waals surface area contributed by atoms with Crippen molar-refractivity contribution in [3.63, 3.8) is 0 Å². The van der Waals surface area contributed by atoms with Crippen LogP contribution in [0.4, 0.5) is 4.39 Å². The van der Waals surface area contributed by atoms with E-state index in [1.165, 1.54) is 28.7 Å². The van der Waals surface area contributed by atoms with E-state index in [-0.39, 0.29) is 11.7 Å². The van der Waals surface area contributed by atoms with Crippen LogP contribution in [0, 0.1) is 12.7 Å². The molecule has 3 aromatic rings. The first-order valence-corrected chi connectivity index (χ1v) is 12.1. The van der Waals surface area contributed by atoms with E-state index in [0.29, 0.717) is 13.1 Å². The third-order valence-corrected chi connectivity index (χ3v) is 6.66. The van der Waals surface area contributed by atoms with E-state index in [9.17, 15) is 9.18 Å². The fraction of sp³-hybridized carbons (Fsp3) is 0.393. The average Bonchev–Trinajstić information content (AvgIpc) is 3.10. The molecule has 0 saturated carbocycles. The zero-order valence-electron chi connectivity index (χ0n) is 20.5. The standard InChI is InChI=1S/C28H35FN4O/c1-22-25(26-7-4-5-8-27(26)33(22)16-6-15-30(2)3)13-14-28(34)32-19-17-31(18-20-32)21-23-9-11-24(29)12-10-23/h4-5,7-14H,6,15-21H2,1-3H3/b14-13+. The van der Waals surface area contributed by atoms with Gasteiger partial charge < -0.3 is 14.4 Å². The number of piperazine rings is 1. The van der Waals surface area contributed by atoms with Crippen LogP contribution < -0.4 is 0 Å². The summed E-state index contributed by atoms with van der Waals surface area (Å²) in [5.41, 5.74) is 4.65. The highest BCUT2D eigenvalue weighted by Gasteiger charge is 2.20. The van der Waals surface area contributed by atoms with Gasteiger partial charge in [0.15, 0.2) is 0 Å². The molecule has 0 radical (unpaired) electrons. The Labute approximate surface area is 202 Å². The summed E-state index contributed by atoms with van der Waals surface area (Å²) in [6.07, 6.45) is 4.80. The lowest BCUT2D eigenvalue weighted by Crippen LogP contribution is -2.47. The zero-order valence-corrected chi connectivity index (χ0v) is 20.5. The molecule has 5 nitrogen and oxygen atoms in total. The number of aromatic nitrogens is 1. The van der Waals surface area contributed by atoms with Gasteiger partial charge in [0.05, 0.1) is 0 Å². The van der Waals surface area contributed by atoms with Gasteiger partial charge in [0.2, 0.25) is 5.91 Å².